The van der Waals surface area contributed by atoms with E-state index in [1.165, 1.54) is 22.8 Å². The van der Waals surface area contributed by atoms with Crippen LogP contribution in [0.2, 0.25) is 0 Å². The number of hydrogen-bond donors (Lipinski definition) is 1. The van der Waals surface area contributed by atoms with E-state index in [4.69, 9.17) is 0 Å². The molecule has 0 spiro atoms. The number of amides is 1. The van der Waals surface area contributed by atoms with Crippen LogP contribution in [-0.2, 0) is 0 Å². The van der Waals surface area contributed by atoms with Gasteiger partial charge >= 0.3 is 0 Å². The molecule has 3 heterocycles. The molecule has 0 saturated carbocycles. The number of carbonyl (C=O) groups excluding carboxylic acids is 1. The molecular formula is C19H19FN6O2. The number of nitrogens with one attached hydrogen (secondary N) is 1. The lowest BCUT2D eigenvalue weighted by Crippen LogP contribution is -2.17. The van der Waals surface area contributed by atoms with Gasteiger partial charge in [0.15, 0.2) is 5.69 Å². The van der Waals surface area contributed by atoms with Crippen LogP contribution < -0.4 is 10.9 Å². The molecule has 1 aromatic carbocycles. The second-order valence-electron chi connectivity index (χ2n) is 6.82. The molecule has 0 bridgehead atoms. The van der Waals surface area contributed by atoms with E-state index in [2.05, 4.69) is 20.5 Å². The molecule has 8 nitrogen and oxygen atoms in total. The van der Waals surface area contributed by atoms with Crippen LogP contribution in [0.5, 0.6) is 0 Å². The molecule has 28 heavy (non-hydrogen) atoms. The molecule has 144 valence electrons. The molecule has 1 N–H and O–H groups in total. The summed E-state index contributed by atoms with van der Waals surface area (Å²) in [6.45, 7) is 1.81. The van der Waals surface area contributed by atoms with Gasteiger partial charge in [-0.2, -0.15) is 0 Å². The summed E-state index contributed by atoms with van der Waals surface area (Å²) in [6, 6.07) is 9.03. The van der Waals surface area contributed by atoms with Gasteiger partial charge in [-0.1, -0.05) is 11.3 Å². The van der Waals surface area contributed by atoms with Crippen LogP contribution >= 0.6 is 0 Å². The van der Waals surface area contributed by atoms with Gasteiger partial charge in [0, 0.05) is 24.9 Å². The monoisotopic (exact) mass is 382 g/mol. The minimum atomic E-state index is -0.647. The highest BCUT2D eigenvalue weighted by Gasteiger charge is 2.23. The number of benzene rings is 1. The fourth-order valence-corrected chi connectivity index (χ4v) is 3.27. The van der Waals surface area contributed by atoms with E-state index in [1.807, 2.05) is 7.05 Å². The molecule has 9 heteroatoms. The molecule has 1 amide bonds. The molecule has 1 fully saturated rings. The van der Waals surface area contributed by atoms with Crippen molar-refractivity contribution in [3.05, 3.63) is 70.7 Å². The Morgan fingerprint density at radius 2 is 2.14 bits per heavy atom. The van der Waals surface area contributed by atoms with Crippen molar-refractivity contribution in [2.75, 3.05) is 25.5 Å². The van der Waals surface area contributed by atoms with Gasteiger partial charge in [-0.3, -0.25) is 14.2 Å². The van der Waals surface area contributed by atoms with E-state index in [9.17, 15) is 14.0 Å². The van der Waals surface area contributed by atoms with Gasteiger partial charge in [0.25, 0.3) is 11.5 Å². The number of halogens is 1. The minimum absolute atomic E-state index is 0.00730. The standard InChI is InChI=1S/C19H19FN6O2/c1-24-9-7-14(11-24)26-12-17(22-23-26)19(28)21-16-6-5-13(10-15(16)20)25-8-3-2-4-18(25)27/h2-6,8,10,12,14H,7,9,11H2,1H3,(H,21,28). The summed E-state index contributed by atoms with van der Waals surface area (Å²) < 4.78 is 17.5. The summed E-state index contributed by atoms with van der Waals surface area (Å²) in [5.74, 6) is -1.19. The summed E-state index contributed by atoms with van der Waals surface area (Å²) in [7, 11) is 2.03. The summed E-state index contributed by atoms with van der Waals surface area (Å²) in [4.78, 5) is 26.5. The van der Waals surface area contributed by atoms with Crippen LogP contribution in [-0.4, -0.2) is 50.5 Å². The maximum absolute atomic E-state index is 14.5. The molecule has 1 aliphatic rings. The van der Waals surface area contributed by atoms with E-state index in [-0.39, 0.29) is 23.0 Å². The van der Waals surface area contributed by atoms with Gasteiger partial charge in [0.2, 0.25) is 0 Å². The van der Waals surface area contributed by atoms with Crippen LogP contribution in [0.15, 0.2) is 53.6 Å². The topological polar surface area (TPSA) is 85.0 Å². The average Bonchev–Trinajstić information content (AvgIpc) is 3.33. The third kappa shape index (κ3) is 3.56. The number of carbonyl (C=O) groups is 1. The van der Waals surface area contributed by atoms with Crippen molar-refractivity contribution in [3.63, 3.8) is 0 Å². The van der Waals surface area contributed by atoms with Crippen molar-refractivity contribution in [1.29, 1.82) is 0 Å². The van der Waals surface area contributed by atoms with Crippen molar-refractivity contribution >= 4 is 11.6 Å². The SMILES string of the molecule is CN1CCC(n2cc(C(=O)Nc3ccc(-n4ccccc4=O)cc3F)nn2)C1. The first-order valence-electron chi connectivity index (χ1n) is 8.90. The lowest BCUT2D eigenvalue weighted by atomic mass is 10.2. The van der Waals surface area contributed by atoms with Crippen molar-refractivity contribution in [3.8, 4) is 5.69 Å². The molecule has 4 rings (SSSR count). The molecular weight excluding hydrogens is 363 g/mol. The maximum Gasteiger partial charge on any atom is 0.277 e. The lowest BCUT2D eigenvalue weighted by molar-refractivity contribution is 0.102. The van der Waals surface area contributed by atoms with E-state index in [0.29, 0.717) is 5.69 Å². The highest BCUT2D eigenvalue weighted by Crippen LogP contribution is 2.20. The number of aromatic nitrogens is 4. The first-order valence-corrected chi connectivity index (χ1v) is 8.90. The number of pyridine rings is 1. The predicted molar refractivity (Wildman–Crippen MR) is 101 cm³/mol. The molecule has 0 radical (unpaired) electrons. The Morgan fingerprint density at radius 3 is 2.86 bits per heavy atom. The molecule has 1 aliphatic heterocycles. The molecule has 1 atom stereocenters. The molecule has 1 saturated heterocycles. The van der Waals surface area contributed by atoms with Gasteiger partial charge < -0.3 is 10.2 Å². The van der Waals surface area contributed by atoms with E-state index in [1.54, 1.807) is 35.3 Å². The van der Waals surface area contributed by atoms with Crippen LogP contribution in [0.1, 0.15) is 23.0 Å². The summed E-state index contributed by atoms with van der Waals surface area (Å²) in [5, 5.41) is 10.4. The smallest absolute Gasteiger partial charge is 0.277 e. The summed E-state index contributed by atoms with van der Waals surface area (Å²) >= 11 is 0. The van der Waals surface area contributed by atoms with Crippen LogP contribution in [0.4, 0.5) is 10.1 Å². The number of rotatable bonds is 4. The fraction of sp³-hybridized carbons (Fsp3) is 0.263. The second-order valence-corrected chi connectivity index (χ2v) is 6.82. The van der Waals surface area contributed by atoms with Gasteiger partial charge in [-0.15, -0.1) is 5.10 Å². The Morgan fingerprint density at radius 1 is 1.29 bits per heavy atom. The van der Waals surface area contributed by atoms with Gasteiger partial charge in [-0.25, -0.2) is 9.07 Å². The van der Waals surface area contributed by atoms with Gasteiger partial charge in [0.1, 0.15) is 5.82 Å². The average molecular weight is 382 g/mol. The van der Waals surface area contributed by atoms with Gasteiger partial charge in [-0.05, 0) is 38.2 Å². The highest BCUT2D eigenvalue weighted by atomic mass is 19.1. The molecule has 3 aromatic rings. The Kier molecular flexibility index (Phi) is 4.74. The Hall–Kier alpha value is -3.33. The number of likely N-dealkylation sites (N-methyl/N-ethyl adjacent to an activating group) is 1. The van der Waals surface area contributed by atoms with Crippen molar-refractivity contribution in [2.45, 2.75) is 12.5 Å². The normalized spacial score (nSPS) is 17.0. The first kappa shape index (κ1) is 18.1. The largest absolute Gasteiger partial charge is 0.318 e. The number of anilines is 1. The third-order valence-corrected chi connectivity index (χ3v) is 4.79. The zero-order valence-corrected chi connectivity index (χ0v) is 15.2. The molecule has 0 aliphatic carbocycles. The molecule has 2 aromatic heterocycles. The van der Waals surface area contributed by atoms with E-state index >= 15 is 0 Å². The third-order valence-electron chi connectivity index (χ3n) is 4.79. The summed E-state index contributed by atoms with van der Waals surface area (Å²) in [5.41, 5.74) is 0.232. The number of nitrogens with zero attached hydrogens (tertiary/aromatic N) is 5. The Balaban J connectivity index is 1.50. The first-order chi connectivity index (χ1) is 13.5. The quantitative estimate of drug-likeness (QED) is 0.742. The van der Waals surface area contributed by atoms with Gasteiger partial charge in [0.05, 0.1) is 23.6 Å². The number of hydrogen-bond acceptors (Lipinski definition) is 5. The zero-order chi connectivity index (χ0) is 19.7. The van der Waals surface area contributed by atoms with E-state index in [0.717, 1.165) is 19.5 Å². The fourth-order valence-electron chi connectivity index (χ4n) is 3.27. The van der Waals surface area contributed by atoms with Crippen molar-refractivity contribution in [2.24, 2.45) is 0 Å². The summed E-state index contributed by atoms with van der Waals surface area (Å²) in [6.07, 6.45) is 4.07. The van der Waals surface area contributed by atoms with Crippen LogP contribution in [0, 0.1) is 5.82 Å². The molecule has 1 unspecified atom stereocenters. The Bertz CT molecular complexity index is 1080. The minimum Gasteiger partial charge on any atom is -0.318 e. The van der Waals surface area contributed by atoms with Crippen molar-refractivity contribution in [1.82, 2.24) is 24.5 Å². The van der Waals surface area contributed by atoms with Crippen LogP contribution in [0.25, 0.3) is 5.69 Å². The number of likely N-dealkylation sites (tertiary alicyclic amines) is 1. The predicted octanol–water partition coefficient (Wildman–Crippen LogP) is 1.70. The zero-order valence-electron chi connectivity index (χ0n) is 15.2. The Labute approximate surface area is 160 Å². The van der Waals surface area contributed by atoms with E-state index < -0.39 is 11.7 Å². The second kappa shape index (κ2) is 7.35. The maximum atomic E-state index is 14.5. The van der Waals surface area contributed by atoms with Crippen molar-refractivity contribution < 1.29 is 9.18 Å². The lowest BCUT2D eigenvalue weighted by Gasteiger charge is -2.09. The van der Waals surface area contributed by atoms with Crippen LogP contribution in [0.3, 0.4) is 0 Å². The highest BCUT2D eigenvalue weighted by molar-refractivity contribution is 6.02.